The third kappa shape index (κ3) is 22.6. The second-order valence-electron chi connectivity index (χ2n) is 31.9. The molecule has 4 aliphatic rings. The summed E-state index contributed by atoms with van der Waals surface area (Å²) in [5.74, 6) is 5.26. The summed E-state index contributed by atoms with van der Waals surface area (Å²) in [7, 11) is 0. The van der Waals surface area contributed by atoms with Crippen molar-refractivity contribution in [1.29, 1.82) is 0 Å². The summed E-state index contributed by atoms with van der Waals surface area (Å²) in [5, 5.41) is 124. The van der Waals surface area contributed by atoms with Gasteiger partial charge < -0.3 is 96.4 Å². The molecular weight excluding hydrogens is 1570 g/mol. The molecule has 3 atom stereocenters. The highest BCUT2D eigenvalue weighted by Gasteiger charge is 2.33. The van der Waals surface area contributed by atoms with E-state index >= 15 is 0 Å². The van der Waals surface area contributed by atoms with Crippen LogP contribution >= 0.6 is 0 Å². The average Bonchev–Trinajstić information content (AvgIpc) is 1.67. The molecule has 6 bridgehead atoms. The maximum Gasteiger partial charge on any atom is 0.171 e. The number of phenols is 11. The minimum Gasteiger partial charge on any atom is -0.508 e. The zero-order chi connectivity index (χ0) is 87.2. The quantitative estimate of drug-likeness (QED) is 0.0221. The van der Waals surface area contributed by atoms with Crippen molar-refractivity contribution in [3.05, 3.63) is 398 Å². The standard InChI is InChI=1S/C38H35NO5.C34H33N3O5.C34H30O5/c1-23-38-24(2)43-36-16-9-32(39-31-7-12-34(41)13-8-31)22-30(36)21-27-6-15-37(44-38)29(20-27)19-26-5-14-35(42-23)28(18-26)17-25-3-10-33(40)11-4-25;1-21(2)42-29-12-3-22(4-13-29)17-23-18-25(7-14-32(23)39)36-31-20-27(9-16-34(31)41)37-30-19-26(8-15-33(30)40)35-24-5-10-28(38)11-6-24;35-30-8-1-22(2-9-30)15-24-5-12-33(38)28(17-24)19-26-7-14-34(39)29(21-26)20-25-6-13-32(37)27(18-25)16-23-3-10-31(36)11-4-23/h3-16,18,20,22-24,38-41H,17,19,21H2,1-2H3;3-16,18-21,35-41H,17H2,1-2H3;1-14,17-18,21,35-39H,15-16,19-20H2. The molecule has 0 aliphatic carbocycles. The van der Waals surface area contributed by atoms with Crippen molar-refractivity contribution < 1.29 is 75.1 Å². The molecule has 3 unspecified atom stereocenters. The van der Waals surface area contributed by atoms with Gasteiger partial charge in [-0.25, -0.2) is 0 Å². The number of hydrogen-bond acceptors (Lipinski definition) is 19. The van der Waals surface area contributed by atoms with Gasteiger partial charge in [0.05, 0.1) is 17.5 Å². The molecule has 15 aromatic carbocycles. The monoisotopic (exact) mass is 1670 g/mol. The van der Waals surface area contributed by atoms with Gasteiger partial charge in [0.25, 0.3) is 0 Å². The Morgan fingerprint density at radius 3 is 1.06 bits per heavy atom. The van der Waals surface area contributed by atoms with E-state index in [1.54, 1.807) is 140 Å². The van der Waals surface area contributed by atoms with Crippen LogP contribution in [0, 0.1) is 0 Å². The summed E-state index contributed by atoms with van der Waals surface area (Å²) in [6, 6.07) is 93.7. The van der Waals surface area contributed by atoms with Crippen molar-refractivity contribution in [1.82, 2.24) is 0 Å². The molecule has 0 saturated heterocycles. The molecule has 19 nitrogen and oxygen atoms in total. The van der Waals surface area contributed by atoms with E-state index in [2.05, 4.69) is 63.7 Å². The molecule has 0 radical (unpaired) electrons. The summed E-state index contributed by atoms with van der Waals surface area (Å²) < 4.78 is 25.8. The van der Waals surface area contributed by atoms with Crippen LogP contribution < -0.4 is 40.2 Å². The van der Waals surface area contributed by atoms with Crippen LogP contribution in [0.15, 0.2) is 309 Å². The van der Waals surface area contributed by atoms with E-state index in [9.17, 15) is 56.2 Å². The maximum atomic E-state index is 10.6. The van der Waals surface area contributed by atoms with Crippen LogP contribution in [0.25, 0.3) is 0 Å². The Bertz CT molecular complexity index is 6270. The molecule has 0 spiro atoms. The van der Waals surface area contributed by atoms with Crippen molar-refractivity contribution in [3.8, 4) is 86.2 Å². The number of aromatic hydroxyl groups is 11. The summed E-state index contributed by atoms with van der Waals surface area (Å²) in [6.07, 6.45) is 3.88. The lowest BCUT2D eigenvalue weighted by Gasteiger charge is -2.31. The summed E-state index contributed by atoms with van der Waals surface area (Å²) in [5.41, 5.74) is 21.4. The molecule has 0 saturated carbocycles. The van der Waals surface area contributed by atoms with E-state index in [1.807, 2.05) is 155 Å². The van der Waals surface area contributed by atoms with Gasteiger partial charge in [-0.2, -0.15) is 0 Å². The summed E-state index contributed by atoms with van der Waals surface area (Å²) in [6.45, 7) is 8.05. The van der Waals surface area contributed by atoms with Gasteiger partial charge in [0.2, 0.25) is 0 Å². The third-order valence-electron chi connectivity index (χ3n) is 21.8. The van der Waals surface area contributed by atoms with Crippen molar-refractivity contribution >= 4 is 45.5 Å². The van der Waals surface area contributed by atoms with Crippen molar-refractivity contribution in [2.24, 2.45) is 0 Å². The van der Waals surface area contributed by atoms with Gasteiger partial charge in [-0.3, -0.25) is 0 Å². The molecular formula is C106H98N4O15. The van der Waals surface area contributed by atoms with E-state index in [-0.39, 0.29) is 81.6 Å². The third-order valence-corrected chi connectivity index (χ3v) is 21.8. The number of fused-ring (bicyclic) bond motifs is 5. The fourth-order valence-corrected chi connectivity index (χ4v) is 15.4. The number of nitrogens with one attached hydrogen (secondary N) is 4. The van der Waals surface area contributed by atoms with Crippen molar-refractivity contribution in [3.63, 3.8) is 0 Å². The van der Waals surface area contributed by atoms with Gasteiger partial charge >= 0.3 is 0 Å². The Labute approximate surface area is 725 Å². The van der Waals surface area contributed by atoms with Crippen LogP contribution in [-0.2, 0) is 51.4 Å². The highest BCUT2D eigenvalue weighted by atomic mass is 16.6. The minimum atomic E-state index is -0.390. The van der Waals surface area contributed by atoms with Crippen molar-refractivity contribution in [2.45, 2.75) is 103 Å². The smallest absolute Gasteiger partial charge is 0.171 e. The first-order chi connectivity index (χ1) is 60.4. The molecule has 4 heterocycles. The summed E-state index contributed by atoms with van der Waals surface area (Å²) in [4.78, 5) is 0. The van der Waals surface area contributed by atoms with Crippen molar-refractivity contribution in [2.75, 3.05) is 21.3 Å². The minimum absolute atomic E-state index is 0.0443. The highest BCUT2D eigenvalue weighted by molar-refractivity contribution is 5.78. The Balaban J connectivity index is 0.000000145. The Hall–Kier alpha value is -15.5. The normalized spacial score (nSPS) is 13.6. The molecule has 19 rings (SSSR count). The van der Waals surface area contributed by atoms with Gasteiger partial charge in [0, 0.05) is 90.2 Å². The predicted octanol–water partition coefficient (Wildman–Crippen LogP) is 22.6. The predicted molar refractivity (Wildman–Crippen MR) is 491 cm³/mol. The molecule has 632 valence electrons. The summed E-state index contributed by atoms with van der Waals surface area (Å²) >= 11 is 0. The first-order valence-electron chi connectivity index (χ1n) is 41.4. The SMILES string of the molecule is CC(C)Oc1ccc(Cc2cc(Nc3cc(Nc4cc(Nc5ccc(O)cc5)ccc4O)ccc3O)ccc2O)cc1.CC1Oc2ccc(cc2Cc2ccc(O)cc2)Cc2cc3ccc2OC1C(C)Oc1ccc(Nc2ccc(O)cc2)cc1C3.Oc1ccc(Cc2ccc(O)c(Cc3ccc(O)c(Cc4ccc(O)c(Cc5ccc(O)cc5)c4)c3)c2)cc1. The molecule has 0 amide bonds. The molecule has 4 aliphatic heterocycles. The number of phenolic OH excluding ortho intramolecular Hbond substituents is 11. The number of anilines is 8. The fraction of sp³-hybridized carbons (Fsp3) is 0.151. The van der Waals surface area contributed by atoms with Crippen LogP contribution in [0.1, 0.15) is 117 Å². The van der Waals surface area contributed by atoms with Gasteiger partial charge in [0.15, 0.2) is 6.10 Å². The zero-order valence-electron chi connectivity index (χ0n) is 69.5. The highest BCUT2D eigenvalue weighted by Crippen LogP contribution is 2.41. The van der Waals surface area contributed by atoms with Gasteiger partial charge in [0.1, 0.15) is 98.5 Å². The number of rotatable bonds is 22. The first kappa shape index (κ1) is 84.5. The Morgan fingerprint density at radius 1 is 0.272 bits per heavy atom. The molecule has 15 aromatic rings. The maximum absolute atomic E-state index is 10.6. The van der Waals surface area contributed by atoms with Crippen LogP contribution in [0.2, 0.25) is 0 Å². The van der Waals surface area contributed by atoms with E-state index in [0.29, 0.717) is 67.7 Å². The fourth-order valence-electron chi connectivity index (χ4n) is 15.4. The first-order valence-corrected chi connectivity index (χ1v) is 41.4. The van der Waals surface area contributed by atoms with E-state index < -0.39 is 6.10 Å². The van der Waals surface area contributed by atoms with Crippen LogP contribution in [-0.4, -0.2) is 80.6 Å². The van der Waals surface area contributed by atoms with Crippen LogP contribution in [0.4, 0.5) is 45.5 Å². The molecule has 0 fully saturated rings. The second-order valence-corrected chi connectivity index (χ2v) is 31.9. The van der Waals surface area contributed by atoms with Gasteiger partial charge in [-0.1, -0.05) is 109 Å². The topological polar surface area (TPSA) is 308 Å². The largest absolute Gasteiger partial charge is 0.508 e. The number of ether oxygens (including phenoxy) is 4. The van der Waals surface area contributed by atoms with E-state index in [0.717, 1.165) is 130 Å². The van der Waals surface area contributed by atoms with E-state index in [1.165, 1.54) is 11.1 Å². The molecule has 0 aromatic heterocycles. The Kier molecular flexibility index (Phi) is 26.0. The van der Waals surface area contributed by atoms with Crippen LogP contribution in [0.3, 0.4) is 0 Å². The number of benzene rings is 15. The molecule has 15 N–H and O–H groups in total. The molecule has 125 heavy (non-hydrogen) atoms. The zero-order valence-corrected chi connectivity index (χ0v) is 69.5. The van der Waals surface area contributed by atoms with Gasteiger partial charge in [-0.05, 0) is 312 Å². The molecule has 19 heteroatoms. The number of hydrogen-bond donors (Lipinski definition) is 15. The Morgan fingerprint density at radius 2 is 0.584 bits per heavy atom. The van der Waals surface area contributed by atoms with E-state index in [4.69, 9.17) is 18.9 Å². The van der Waals surface area contributed by atoms with Gasteiger partial charge in [-0.15, -0.1) is 0 Å². The lowest BCUT2D eigenvalue weighted by atomic mass is 9.95. The van der Waals surface area contributed by atoms with Crippen LogP contribution in [0.5, 0.6) is 86.2 Å². The lowest BCUT2D eigenvalue weighted by Crippen LogP contribution is -2.45. The average molecular weight is 1670 g/mol. The lowest BCUT2D eigenvalue weighted by molar-refractivity contribution is -0.00794. The second kappa shape index (κ2) is 38.5.